The van der Waals surface area contributed by atoms with E-state index in [0.29, 0.717) is 11.5 Å². The molecule has 0 radical (unpaired) electrons. The van der Waals surface area contributed by atoms with Crippen LogP contribution in [0.3, 0.4) is 0 Å². The zero-order chi connectivity index (χ0) is 13.6. The van der Waals surface area contributed by atoms with Gasteiger partial charge in [0.15, 0.2) is 5.65 Å². The number of aryl methyl sites for hydroxylation is 1. The Balaban J connectivity index is 2.04. The highest BCUT2D eigenvalue weighted by atomic mass is 16.4. The third kappa shape index (κ3) is 1.93. The predicted octanol–water partition coefficient (Wildman–Crippen LogP) is 1.70. The number of aliphatic carboxylic acids is 1. The maximum absolute atomic E-state index is 11.6. The number of nitrogens with zero attached hydrogens (tertiary/aromatic N) is 3. The van der Waals surface area contributed by atoms with Gasteiger partial charge in [0.2, 0.25) is 0 Å². The average Bonchev–Trinajstić information content (AvgIpc) is 3.09. The first-order valence-electron chi connectivity index (χ1n) is 6.32. The molecule has 2 heterocycles. The summed E-state index contributed by atoms with van der Waals surface area (Å²) in [6.45, 7) is 3.69. The van der Waals surface area contributed by atoms with Gasteiger partial charge in [0.1, 0.15) is 17.7 Å². The van der Waals surface area contributed by atoms with E-state index in [1.165, 1.54) is 6.33 Å². The highest BCUT2D eigenvalue weighted by Crippen LogP contribution is 2.41. The van der Waals surface area contributed by atoms with Crippen LogP contribution in [0.1, 0.15) is 25.3 Å². The fourth-order valence-corrected chi connectivity index (χ4v) is 2.40. The molecule has 6 heteroatoms. The minimum Gasteiger partial charge on any atom is -0.480 e. The molecular formula is C13H16N4O2. The van der Waals surface area contributed by atoms with Gasteiger partial charge in [-0.05, 0) is 50.3 Å². The molecule has 1 aliphatic rings. The molecule has 1 saturated carbocycles. The molecule has 1 unspecified atom stereocenters. The maximum atomic E-state index is 11.6. The lowest BCUT2D eigenvalue weighted by Gasteiger charge is -2.27. The molecule has 0 aromatic carbocycles. The molecule has 2 aromatic rings. The first-order valence-corrected chi connectivity index (χ1v) is 6.32. The highest BCUT2D eigenvalue weighted by molar-refractivity contribution is 5.83. The largest absolute Gasteiger partial charge is 0.480 e. The van der Waals surface area contributed by atoms with Gasteiger partial charge in [-0.1, -0.05) is 0 Å². The van der Waals surface area contributed by atoms with Gasteiger partial charge in [0.25, 0.3) is 0 Å². The topological polar surface area (TPSA) is 79.5 Å². The van der Waals surface area contributed by atoms with Crippen molar-refractivity contribution in [3.8, 4) is 0 Å². The van der Waals surface area contributed by atoms with Crippen molar-refractivity contribution in [1.29, 1.82) is 0 Å². The van der Waals surface area contributed by atoms with Crippen LogP contribution in [0, 0.1) is 12.8 Å². The zero-order valence-corrected chi connectivity index (χ0v) is 10.9. The van der Waals surface area contributed by atoms with Crippen molar-refractivity contribution in [3.05, 3.63) is 24.0 Å². The van der Waals surface area contributed by atoms with E-state index in [1.807, 2.05) is 19.1 Å². The van der Waals surface area contributed by atoms with Gasteiger partial charge in [0.05, 0.1) is 0 Å². The van der Waals surface area contributed by atoms with Crippen LogP contribution in [0.4, 0.5) is 5.82 Å². The number of rotatable bonds is 4. The molecule has 0 amide bonds. The van der Waals surface area contributed by atoms with Crippen LogP contribution >= 0.6 is 0 Å². The van der Waals surface area contributed by atoms with Gasteiger partial charge in [-0.2, -0.15) is 9.61 Å². The normalized spacial score (nSPS) is 18.2. The van der Waals surface area contributed by atoms with Crippen molar-refractivity contribution in [2.45, 2.75) is 32.2 Å². The van der Waals surface area contributed by atoms with Crippen LogP contribution in [0.15, 0.2) is 18.5 Å². The molecule has 6 nitrogen and oxygen atoms in total. The summed E-state index contributed by atoms with van der Waals surface area (Å²) in [6.07, 6.45) is 3.36. The van der Waals surface area contributed by atoms with Gasteiger partial charge in [-0.3, -0.25) is 0 Å². The SMILES string of the molecule is Cc1cc(NC(C)(C(=O)O)C2CC2)n2ncnc2c1. The molecule has 19 heavy (non-hydrogen) atoms. The van der Waals surface area contributed by atoms with Crippen LogP contribution in [0.25, 0.3) is 5.65 Å². The summed E-state index contributed by atoms with van der Waals surface area (Å²) in [5.41, 5.74) is 0.782. The van der Waals surface area contributed by atoms with E-state index in [2.05, 4.69) is 15.4 Å². The highest BCUT2D eigenvalue weighted by Gasteiger charge is 2.48. The number of carbonyl (C=O) groups is 1. The Labute approximate surface area is 110 Å². The third-order valence-corrected chi connectivity index (χ3v) is 3.75. The predicted molar refractivity (Wildman–Crippen MR) is 70.1 cm³/mol. The average molecular weight is 260 g/mol. The number of anilines is 1. The Morgan fingerprint density at radius 3 is 2.89 bits per heavy atom. The Hall–Kier alpha value is -2.11. The molecule has 1 atom stereocenters. The second kappa shape index (κ2) is 3.94. The van der Waals surface area contributed by atoms with Crippen LogP contribution in [-0.4, -0.2) is 31.2 Å². The molecule has 0 bridgehead atoms. The summed E-state index contributed by atoms with van der Waals surface area (Å²) in [5, 5.41) is 16.8. The summed E-state index contributed by atoms with van der Waals surface area (Å²) in [6, 6.07) is 3.80. The minimum atomic E-state index is -0.952. The van der Waals surface area contributed by atoms with Crippen molar-refractivity contribution < 1.29 is 9.90 Å². The number of carboxylic acids is 1. The minimum absolute atomic E-state index is 0.170. The van der Waals surface area contributed by atoms with Gasteiger partial charge in [-0.25, -0.2) is 9.78 Å². The Morgan fingerprint density at radius 2 is 2.26 bits per heavy atom. The molecule has 0 aliphatic heterocycles. The third-order valence-electron chi connectivity index (χ3n) is 3.75. The number of nitrogens with one attached hydrogen (secondary N) is 1. The first kappa shape index (κ1) is 12.0. The van der Waals surface area contributed by atoms with Crippen LogP contribution in [0.2, 0.25) is 0 Å². The monoisotopic (exact) mass is 260 g/mol. The summed E-state index contributed by atoms with van der Waals surface area (Å²) < 4.78 is 1.64. The summed E-state index contributed by atoms with van der Waals surface area (Å²) in [7, 11) is 0. The van der Waals surface area contributed by atoms with Crippen molar-refractivity contribution in [2.75, 3.05) is 5.32 Å². The Bertz CT molecular complexity index is 647. The molecule has 2 aromatic heterocycles. The second-order valence-corrected chi connectivity index (χ2v) is 5.35. The Kier molecular flexibility index (Phi) is 2.48. The lowest BCUT2D eigenvalue weighted by Crippen LogP contribution is -2.46. The molecule has 1 aliphatic carbocycles. The smallest absolute Gasteiger partial charge is 0.329 e. The van der Waals surface area contributed by atoms with E-state index < -0.39 is 11.5 Å². The second-order valence-electron chi connectivity index (χ2n) is 5.35. The molecule has 2 N–H and O–H groups in total. The number of hydrogen-bond donors (Lipinski definition) is 2. The molecule has 1 fully saturated rings. The number of pyridine rings is 1. The van der Waals surface area contributed by atoms with E-state index >= 15 is 0 Å². The zero-order valence-electron chi connectivity index (χ0n) is 10.9. The summed E-state index contributed by atoms with van der Waals surface area (Å²) in [5.74, 6) is 0.0122. The lowest BCUT2D eigenvalue weighted by molar-refractivity contribution is -0.142. The van der Waals surface area contributed by atoms with Crippen molar-refractivity contribution >= 4 is 17.4 Å². The van der Waals surface area contributed by atoms with Crippen LogP contribution < -0.4 is 5.32 Å². The van der Waals surface area contributed by atoms with Gasteiger partial charge in [-0.15, -0.1) is 0 Å². The van der Waals surface area contributed by atoms with Crippen LogP contribution in [0.5, 0.6) is 0 Å². The van der Waals surface area contributed by atoms with E-state index in [0.717, 1.165) is 18.4 Å². The number of fused-ring (bicyclic) bond motifs is 1. The summed E-state index contributed by atoms with van der Waals surface area (Å²) >= 11 is 0. The van der Waals surface area contributed by atoms with E-state index in [4.69, 9.17) is 0 Å². The van der Waals surface area contributed by atoms with Gasteiger partial charge in [0, 0.05) is 0 Å². The standard InChI is InChI=1S/C13H16N4O2/c1-8-5-10-14-7-15-17(10)11(6-8)16-13(2,12(18)19)9-3-4-9/h5-7,9,16H,3-4H2,1-2H3,(H,18,19). The Morgan fingerprint density at radius 1 is 1.53 bits per heavy atom. The van der Waals surface area contributed by atoms with Crippen LogP contribution in [-0.2, 0) is 4.79 Å². The van der Waals surface area contributed by atoms with Gasteiger partial charge >= 0.3 is 5.97 Å². The van der Waals surface area contributed by atoms with E-state index in [1.54, 1.807) is 11.4 Å². The van der Waals surface area contributed by atoms with E-state index in [-0.39, 0.29) is 5.92 Å². The number of aromatic nitrogens is 3. The lowest BCUT2D eigenvalue weighted by atomic mass is 9.96. The number of hydrogen-bond acceptors (Lipinski definition) is 4. The first-order chi connectivity index (χ1) is 9.00. The summed E-state index contributed by atoms with van der Waals surface area (Å²) in [4.78, 5) is 15.7. The fraction of sp³-hybridized carbons (Fsp3) is 0.462. The molecule has 0 spiro atoms. The molecule has 3 rings (SSSR count). The molecule has 100 valence electrons. The number of carboxylic acid groups (broad SMARTS) is 1. The maximum Gasteiger partial charge on any atom is 0.329 e. The fourth-order valence-electron chi connectivity index (χ4n) is 2.40. The van der Waals surface area contributed by atoms with Crippen molar-refractivity contribution in [1.82, 2.24) is 14.6 Å². The van der Waals surface area contributed by atoms with E-state index in [9.17, 15) is 9.90 Å². The van der Waals surface area contributed by atoms with Crippen molar-refractivity contribution in [2.24, 2.45) is 5.92 Å². The molecular weight excluding hydrogens is 244 g/mol. The van der Waals surface area contributed by atoms with Crippen molar-refractivity contribution in [3.63, 3.8) is 0 Å². The quantitative estimate of drug-likeness (QED) is 0.874. The van der Waals surface area contributed by atoms with Gasteiger partial charge < -0.3 is 10.4 Å². The molecule has 0 saturated heterocycles.